The van der Waals surface area contributed by atoms with Crippen LogP contribution in [0.1, 0.15) is 31.7 Å². The van der Waals surface area contributed by atoms with Gasteiger partial charge in [-0.25, -0.2) is 0 Å². The van der Waals surface area contributed by atoms with Crippen molar-refractivity contribution in [1.82, 2.24) is 5.32 Å². The van der Waals surface area contributed by atoms with Crippen LogP contribution in [-0.4, -0.2) is 20.1 Å². The fraction of sp³-hybridized carbons (Fsp3) is 0.500. The molecule has 1 N–H and O–H groups in total. The minimum atomic E-state index is 0.365. The van der Waals surface area contributed by atoms with E-state index in [1.807, 2.05) is 37.4 Å². The van der Waals surface area contributed by atoms with Crippen molar-refractivity contribution < 1.29 is 9.53 Å². The monoisotopic (exact) mass is 237 g/mol. The third-order valence-corrected chi connectivity index (χ3v) is 2.19. The van der Waals surface area contributed by atoms with Gasteiger partial charge in [0.2, 0.25) is 0 Å². The molecule has 0 radical (unpaired) electrons. The zero-order chi connectivity index (χ0) is 12.8. The molecule has 3 heteroatoms. The molecular weight excluding hydrogens is 214 g/mol. The Bertz CT molecular complexity index is 258. The van der Waals surface area contributed by atoms with Crippen LogP contribution >= 0.6 is 0 Å². The Balaban J connectivity index is 0.000000325. The Morgan fingerprint density at radius 3 is 2.47 bits per heavy atom. The molecule has 0 aliphatic carbocycles. The lowest BCUT2D eigenvalue weighted by atomic mass is 10.2. The molecule has 0 aliphatic rings. The maximum absolute atomic E-state index is 9.76. The molecule has 0 heterocycles. The predicted octanol–water partition coefficient (Wildman–Crippen LogP) is 2.76. The molecule has 1 rings (SSSR count). The molecule has 96 valence electrons. The number of hydrogen-bond acceptors (Lipinski definition) is 3. The highest BCUT2D eigenvalue weighted by Gasteiger charge is 1.87. The molecule has 17 heavy (non-hydrogen) atoms. The topological polar surface area (TPSA) is 38.3 Å². The van der Waals surface area contributed by atoms with E-state index in [1.165, 1.54) is 25.8 Å². The number of benzene rings is 1. The molecular formula is C14H23NO2. The predicted molar refractivity (Wildman–Crippen MR) is 70.7 cm³/mol. The third-order valence-electron chi connectivity index (χ3n) is 2.19. The van der Waals surface area contributed by atoms with Crippen molar-refractivity contribution in [3.05, 3.63) is 35.9 Å². The lowest BCUT2D eigenvalue weighted by Gasteiger charge is -1.95. The van der Waals surface area contributed by atoms with E-state index in [-0.39, 0.29) is 0 Å². The van der Waals surface area contributed by atoms with Gasteiger partial charge in [-0.15, -0.1) is 0 Å². The molecule has 1 aromatic carbocycles. The molecule has 0 atom stereocenters. The van der Waals surface area contributed by atoms with E-state index in [2.05, 4.69) is 17.0 Å². The summed E-state index contributed by atoms with van der Waals surface area (Å²) in [5.74, 6) is 0. The van der Waals surface area contributed by atoms with Crippen LogP contribution in [0.25, 0.3) is 0 Å². The van der Waals surface area contributed by atoms with Crippen LogP contribution in [0.5, 0.6) is 0 Å². The summed E-state index contributed by atoms with van der Waals surface area (Å²) >= 11 is 0. The third kappa shape index (κ3) is 10.9. The molecule has 0 unspecified atom stereocenters. The number of ether oxygens (including phenoxy) is 1. The van der Waals surface area contributed by atoms with Crippen LogP contribution in [0.2, 0.25) is 0 Å². The Hall–Kier alpha value is -1.35. The smallest absolute Gasteiger partial charge is 0.293 e. The van der Waals surface area contributed by atoms with E-state index >= 15 is 0 Å². The molecule has 0 aromatic heterocycles. The van der Waals surface area contributed by atoms with Gasteiger partial charge < -0.3 is 10.1 Å². The van der Waals surface area contributed by atoms with Crippen LogP contribution in [0, 0.1) is 0 Å². The summed E-state index contributed by atoms with van der Waals surface area (Å²) in [5.41, 5.74) is 1.01. The van der Waals surface area contributed by atoms with E-state index in [9.17, 15) is 4.79 Å². The van der Waals surface area contributed by atoms with Crippen LogP contribution in [0.4, 0.5) is 0 Å². The van der Waals surface area contributed by atoms with Crippen molar-refractivity contribution >= 4 is 6.47 Å². The average molecular weight is 237 g/mol. The maximum Gasteiger partial charge on any atom is 0.293 e. The second kappa shape index (κ2) is 12.7. The van der Waals surface area contributed by atoms with Gasteiger partial charge in [0.25, 0.3) is 6.47 Å². The Kier molecular flexibility index (Phi) is 11.7. The number of carbonyl (C=O) groups is 1. The highest BCUT2D eigenvalue weighted by Crippen LogP contribution is 1.98. The van der Waals surface area contributed by atoms with Crippen LogP contribution in [0.3, 0.4) is 0 Å². The minimum absolute atomic E-state index is 0.365. The number of carbonyl (C=O) groups excluding carboxylic acids is 1. The van der Waals surface area contributed by atoms with Gasteiger partial charge in [-0.1, -0.05) is 50.1 Å². The Morgan fingerprint density at radius 2 is 1.94 bits per heavy atom. The molecule has 0 bridgehead atoms. The van der Waals surface area contributed by atoms with Crippen molar-refractivity contribution in [2.75, 3.05) is 13.6 Å². The van der Waals surface area contributed by atoms with Gasteiger partial charge in [0.05, 0.1) is 0 Å². The quantitative estimate of drug-likeness (QED) is 0.585. The summed E-state index contributed by atoms with van der Waals surface area (Å²) in [6, 6.07) is 9.55. The SMILES string of the molecule is CCCCCNC.O=COCc1ccccc1. The standard InChI is InChI=1S/C8H8O2.C6H15N/c9-7-10-6-8-4-2-1-3-5-8;1-3-4-5-6-7-2/h1-5,7H,6H2;7H,3-6H2,1-2H3. The summed E-state index contributed by atoms with van der Waals surface area (Å²) in [5, 5.41) is 3.10. The molecule has 0 aliphatic heterocycles. The molecule has 0 spiro atoms. The number of unbranched alkanes of at least 4 members (excludes halogenated alkanes) is 2. The van der Waals surface area contributed by atoms with E-state index in [4.69, 9.17) is 0 Å². The largest absolute Gasteiger partial charge is 0.463 e. The molecule has 3 nitrogen and oxygen atoms in total. The van der Waals surface area contributed by atoms with Crippen molar-refractivity contribution in [1.29, 1.82) is 0 Å². The molecule has 0 saturated heterocycles. The number of rotatable bonds is 7. The highest BCUT2D eigenvalue weighted by molar-refractivity contribution is 5.37. The van der Waals surface area contributed by atoms with Gasteiger partial charge in [0.15, 0.2) is 0 Å². The van der Waals surface area contributed by atoms with Gasteiger partial charge in [-0.3, -0.25) is 4.79 Å². The average Bonchev–Trinajstić information content (AvgIpc) is 2.39. The molecule has 0 fully saturated rings. The van der Waals surface area contributed by atoms with Gasteiger partial charge in [0, 0.05) is 0 Å². The maximum atomic E-state index is 9.76. The molecule has 1 aromatic rings. The normalized spacial score (nSPS) is 9.06. The first-order valence-electron chi connectivity index (χ1n) is 6.08. The van der Waals surface area contributed by atoms with Gasteiger partial charge in [-0.2, -0.15) is 0 Å². The van der Waals surface area contributed by atoms with Gasteiger partial charge >= 0.3 is 0 Å². The van der Waals surface area contributed by atoms with Crippen LogP contribution in [-0.2, 0) is 16.1 Å². The van der Waals surface area contributed by atoms with E-state index in [0.29, 0.717) is 13.1 Å². The van der Waals surface area contributed by atoms with Crippen LogP contribution in [0.15, 0.2) is 30.3 Å². The summed E-state index contributed by atoms with van der Waals surface area (Å²) in [6.45, 7) is 4.21. The second-order valence-corrected chi connectivity index (χ2v) is 3.70. The van der Waals surface area contributed by atoms with E-state index in [0.717, 1.165) is 5.56 Å². The van der Waals surface area contributed by atoms with E-state index in [1.54, 1.807) is 0 Å². The van der Waals surface area contributed by atoms with Gasteiger partial charge in [0.1, 0.15) is 6.61 Å². The summed E-state index contributed by atoms with van der Waals surface area (Å²) in [7, 11) is 2.00. The molecule has 0 saturated carbocycles. The van der Waals surface area contributed by atoms with Crippen molar-refractivity contribution in [2.24, 2.45) is 0 Å². The summed E-state index contributed by atoms with van der Waals surface area (Å²) in [4.78, 5) is 9.76. The lowest BCUT2D eigenvalue weighted by Crippen LogP contribution is -2.06. The first-order chi connectivity index (χ1) is 8.35. The zero-order valence-electron chi connectivity index (χ0n) is 10.8. The minimum Gasteiger partial charge on any atom is -0.463 e. The zero-order valence-corrected chi connectivity index (χ0v) is 10.8. The number of hydrogen-bond donors (Lipinski definition) is 1. The Labute approximate surface area is 104 Å². The second-order valence-electron chi connectivity index (χ2n) is 3.70. The fourth-order valence-electron chi connectivity index (χ4n) is 1.26. The van der Waals surface area contributed by atoms with Gasteiger partial charge in [-0.05, 0) is 25.6 Å². The summed E-state index contributed by atoms with van der Waals surface area (Å²) in [6.07, 6.45) is 4.01. The van der Waals surface area contributed by atoms with Crippen molar-refractivity contribution in [2.45, 2.75) is 32.8 Å². The lowest BCUT2D eigenvalue weighted by molar-refractivity contribution is -0.129. The fourth-order valence-corrected chi connectivity index (χ4v) is 1.26. The van der Waals surface area contributed by atoms with E-state index < -0.39 is 0 Å². The molecule has 0 amide bonds. The van der Waals surface area contributed by atoms with Crippen molar-refractivity contribution in [3.63, 3.8) is 0 Å². The first-order valence-corrected chi connectivity index (χ1v) is 6.08. The highest BCUT2D eigenvalue weighted by atomic mass is 16.5. The first kappa shape index (κ1) is 15.7. The van der Waals surface area contributed by atoms with Crippen LogP contribution < -0.4 is 5.32 Å². The van der Waals surface area contributed by atoms with Crippen molar-refractivity contribution in [3.8, 4) is 0 Å². The number of nitrogens with one attached hydrogen (secondary N) is 1. The summed E-state index contributed by atoms with van der Waals surface area (Å²) < 4.78 is 4.54. The Morgan fingerprint density at radius 1 is 1.24 bits per heavy atom.